The van der Waals surface area contributed by atoms with Crippen molar-refractivity contribution in [3.05, 3.63) is 16.1 Å². The van der Waals surface area contributed by atoms with Gasteiger partial charge in [0.15, 0.2) is 0 Å². The molecule has 0 aromatic carbocycles. The van der Waals surface area contributed by atoms with Gasteiger partial charge in [0.05, 0.1) is 6.42 Å². The fourth-order valence-corrected chi connectivity index (χ4v) is 1.96. The molecule has 1 aliphatic rings. The van der Waals surface area contributed by atoms with Crippen molar-refractivity contribution < 1.29 is 4.79 Å². The predicted molar refractivity (Wildman–Crippen MR) is 48.3 cm³/mol. The van der Waals surface area contributed by atoms with Crippen molar-refractivity contribution in [2.75, 3.05) is 0 Å². The van der Waals surface area contributed by atoms with Crippen LogP contribution in [0.15, 0.2) is 5.38 Å². The Morgan fingerprint density at radius 1 is 1.75 bits per heavy atom. The second-order valence-electron chi connectivity index (χ2n) is 3.30. The lowest BCUT2D eigenvalue weighted by Crippen LogP contribution is -2.04. The molecule has 1 fully saturated rings. The Morgan fingerprint density at radius 3 is 3.00 bits per heavy atom. The van der Waals surface area contributed by atoms with Crippen LogP contribution >= 0.6 is 11.3 Å². The van der Waals surface area contributed by atoms with E-state index in [2.05, 4.69) is 4.98 Å². The molecule has 2 rings (SSSR count). The van der Waals surface area contributed by atoms with Gasteiger partial charge in [-0.3, -0.25) is 4.79 Å². The first-order valence-electron chi connectivity index (χ1n) is 4.19. The zero-order valence-corrected chi connectivity index (χ0v) is 7.86. The van der Waals surface area contributed by atoms with E-state index in [0.717, 1.165) is 23.5 Å². The molecule has 1 aromatic rings. The van der Waals surface area contributed by atoms with Gasteiger partial charge < -0.3 is 0 Å². The molecule has 2 nitrogen and oxygen atoms in total. The van der Waals surface area contributed by atoms with E-state index < -0.39 is 0 Å². The van der Waals surface area contributed by atoms with Crippen molar-refractivity contribution in [1.82, 2.24) is 4.98 Å². The van der Waals surface area contributed by atoms with Crippen molar-refractivity contribution in [2.45, 2.75) is 26.2 Å². The molecule has 64 valence electrons. The number of Topliss-reactive ketones (excluding diaryl/α,β-unsaturated/α-hetero) is 1. The zero-order chi connectivity index (χ0) is 8.55. The van der Waals surface area contributed by atoms with Gasteiger partial charge in [-0.05, 0) is 19.8 Å². The second kappa shape index (κ2) is 2.98. The van der Waals surface area contributed by atoms with Crippen LogP contribution in [-0.4, -0.2) is 10.8 Å². The van der Waals surface area contributed by atoms with Crippen LogP contribution in [0, 0.1) is 12.8 Å². The molecule has 1 saturated carbocycles. The maximum Gasteiger partial charge on any atom is 0.142 e. The molecule has 1 heterocycles. The highest BCUT2D eigenvalue weighted by Gasteiger charge is 2.29. The van der Waals surface area contributed by atoms with E-state index in [-0.39, 0.29) is 0 Å². The lowest BCUT2D eigenvalue weighted by molar-refractivity contribution is -0.119. The zero-order valence-electron chi connectivity index (χ0n) is 7.04. The van der Waals surface area contributed by atoms with Gasteiger partial charge in [0.1, 0.15) is 10.8 Å². The molecule has 12 heavy (non-hydrogen) atoms. The molecule has 0 atom stereocenters. The fourth-order valence-electron chi connectivity index (χ4n) is 1.18. The van der Waals surface area contributed by atoms with Gasteiger partial charge in [-0.15, -0.1) is 11.3 Å². The van der Waals surface area contributed by atoms with Crippen molar-refractivity contribution in [3.63, 3.8) is 0 Å². The van der Waals surface area contributed by atoms with E-state index >= 15 is 0 Å². The minimum Gasteiger partial charge on any atom is -0.299 e. The molecule has 0 saturated heterocycles. The molecule has 0 aliphatic heterocycles. The quantitative estimate of drug-likeness (QED) is 0.713. The van der Waals surface area contributed by atoms with Gasteiger partial charge in [-0.2, -0.15) is 0 Å². The maximum atomic E-state index is 11.4. The van der Waals surface area contributed by atoms with Crippen LogP contribution in [0.25, 0.3) is 0 Å². The van der Waals surface area contributed by atoms with E-state index in [1.165, 1.54) is 0 Å². The standard InChI is InChI=1S/C9H11NOS/c1-6-5-12-9(10-6)4-8(11)7-2-3-7/h5,7H,2-4H2,1H3. The maximum absolute atomic E-state index is 11.4. The number of ketones is 1. The van der Waals surface area contributed by atoms with E-state index in [9.17, 15) is 4.79 Å². The first-order chi connectivity index (χ1) is 5.75. The summed E-state index contributed by atoms with van der Waals surface area (Å²) in [5.41, 5.74) is 1.03. The number of rotatable bonds is 3. The van der Waals surface area contributed by atoms with Gasteiger partial charge in [0, 0.05) is 17.0 Å². The summed E-state index contributed by atoms with van der Waals surface area (Å²) in [7, 11) is 0. The second-order valence-corrected chi connectivity index (χ2v) is 4.24. The lowest BCUT2D eigenvalue weighted by Gasteiger charge is -1.92. The topological polar surface area (TPSA) is 30.0 Å². The highest BCUT2D eigenvalue weighted by molar-refractivity contribution is 7.09. The molecule has 0 radical (unpaired) electrons. The normalized spacial score (nSPS) is 16.4. The van der Waals surface area contributed by atoms with Gasteiger partial charge in [-0.25, -0.2) is 4.98 Å². The molecule has 1 aromatic heterocycles. The third-order valence-corrected chi connectivity index (χ3v) is 2.99. The average molecular weight is 181 g/mol. The molecule has 0 amide bonds. The molecule has 0 spiro atoms. The largest absolute Gasteiger partial charge is 0.299 e. The Morgan fingerprint density at radius 2 is 2.50 bits per heavy atom. The minimum atomic E-state index is 0.370. The molecule has 3 heteroatoms. The Hall–Kier alpha value is -0.700. The Balaban J connectivity index is 1.98. The van der Waals surface area contributed by atoms with Crippen LogP contribution < -0.4 is 0 Å². The van der Waals surface area contributed by atoms with Gasteiger partial charge in [0.2, 0.25) is 0 Å². The summed E-state index contributed by atoms with van der Waals surface area (Å²) < 4.78 is 0. The van der Waals surface area contributed by atoms with Crippen LogP contribution in [-0.2, 0) is 11.2 Å². The van der Waals surface area contributed by atoms with E-state index in [1.807, 2.05) is 12.3 Å². The van der Waals surface area contributed by atoms with Crippen molar-refractivity contribution >= 4 is 17.1 Å². The van der Waals surface area contributed by atoms with Crippen LogP contribution in [0.1, 0.15) is 23.5 Å². The smallest absolute Gasteiger partial charge is 0.142 e. The first kappa shape index (κ1) is 7.92. The lowest BCUT2D eigenvalue weighted by atomic mass is 10.2. The van der Waals surface area contributed by atoms with Crippen molar-refractivity contribution in [1.29, 1.82) is 0 Å². The summed E-state index contributed by atoms with van der Waals surface area (Å²) in [5.74, 6) is 0.749. The summed E-state index contributed by atoms with van der Waals surface area (Å²) in [6, 6.07) is 0. The van der Waals surface area contributed by atoms with Gasteiger partial charge in [0.25, 0.3) is 0 Å². The Bertz CT molecular complexity index is 301. The van der Waals surface area contributed by atoms with Crippen molar-refractivity contribution in [3.8, 4) is 0 Å². The third-order valence-electron chi connectivity index (χ3n) is 2.02. The van der Waals surface area contributed by atoms with E-state index in [1.54, 1.807) is 11.3 Å². The third kappa shape index (κ3) is 1.72. The number of carbonyl (C=O) groups excluding carboxylic acids is 1. The summed E-state index contributed by atoms with van der Waals surface area (Å²) in [5, 5.41) is 2.97. The monoisotopic (exact) mass is 181 g/mol. The predicted octanol–water partition coefficient (Wildman–Crippen LogP) is 1.97. The Labute approximate surface area is 75.6 Å². The summed E-state index contributed by atoms with van der Waals surface area (Å²) in [6.07, 6.45) is 2.76. The number of thiazole rings is 1. The summed E-state index contributed by atoms with van der Waals surface area (Å²) >= 11 is 1.59. The van der Waals surface area contributed by atoms with E-state index in [4.69, 9.17) is 0 Å². The molecular weight excluding hydrogens is 170 g/mol. The number of aromatic nitrogens is 1. The van der Waals surface area contributed by atoms with Crippen LogP contribution in [0.4, 0.5) is 0 Å². The highest BCUT2D eigenvalue weighted by Crippen LogP contribution is 2.31. The first-order valence-corrected chi connectivity index (χ1v) is 5.07. The molecular formula is C9H11NOS. The molecule has 0 N–H and O–H groups in total. The number of aryl methyl sites for hydroxylation is 1. The average Bonchev–Trinajstić information content (AvgIpc) is 2.78. The van der Waals surface area contributed by atoms with Gasteiger partial charge in [-0.1, -0.05) is 0 Å². The summed E-state index contributed by atoms with van der Waals surface area (Å²) in [6.45, 7) is 1.96. The number of nitrogens with zero attached hydrogens (tertiary/aromatic N) is 1. The minimum absolute atomic E-state index is 0.370. The summed E-state index contributed by atoms with van der Waals surface area (Å²) in [4.78, 5) is 15.6. The van der Waals surface area contributed by atoms with Crippen LogP contribution in [0.3, 0.4) is 0 Å². The van der Waals surface area contributed by atoms with Crippen molar-refractivity contribution in [2.24, 2.45) is 5.92 Å². The van der Waals surface area contributed by atoms with Gasteiger partial charge >= 0.3 is 0 Å². The SMILES string of the molecule is Cc1csc(CC(=O)C2CC2)n1. The fraction of sp³-hybridized carbons (Fsp3) is 0.556. The number of hydrogen-bond donors (Lipinski definition) is 0. The number of hydrogen-bond acceptors (Lipinski definition) is 3. The van der Waals surface area contributed by atoms with Crippen LogP contribution in [0.5, 0.6) is 0 Å². The molecule has 0 bridgehead atoms. The molecule has 1 aliphatic carbocycles. The molecule has 0 unspecified atom stereocenters. The van der Waals surface area contributed by atoms with Crippen LogP contribution in [0.2, 0.25) is 0 Å². The number of carbonyl (C=O) groups is 1. The Kier molecular flexibility index (Phi) is 1.97. The van der Waals surface area contributed by atoms with E-state index in [0.29, 0.717) is 18.1 Å². The highest BCUT2D eigenvalue weighted by atomic mass is 32.1.